The Balaban J connectivity index is 3.14. The van der Waals surface area contributed by atoms with Gasteiger partial charge in [0.25, 0.3) is 0 Å². The summed E-state index contributed by atoms with van der Waals surface area (Å²) >= 11 is 0. The van der Waals surface area contributed by atoms with Crippen LogP contribution in [0.1, 0.15) is 30.0 Å². The average molecular weight is 263 g/mol. The summed E-state index contributed by atoms with van der Waals surface area (Å²) in [6, 6.07) is 3.81. The molecule has 1 amide bonds. The second-order valence-corrected chi connectivity index (χ2v) is 4.85. The lowest BCUT2D eigenvalue weighted by molar-refractivity contribution is -0.146. The molecule has 0 spiro atoms. The van der Waals surface area contributed by atoms with E-state index in [1.165, 1.54) is 4.90 Å². The molecule has 0 saturated carbocycles. The molecule has 0 aliphatic heterocycles. The highest BCUT2D eigenvalue weighted by atomic mass is 16.4. The number of anilines is 1. The van der Waals surface area contributed by atoms with Crippen molar-refractivity contribution < 1.29 is 14.7 Å². The Hall–Kier alpha value is -1.84. The SMILES string of the molecule is CCC(C(=O)O)C(=O)N(C)c1ccc(C)c(C)c1C. The van der Waals surface area contributed by atoms with Gasteiger partial charge >= 0.3 is 5.97 Å². The molecule has 0 aliphatic rings. The van der Waals surface area contributed by atoms with Gasteiger partial charge in [-0.2, -0.15) is 0 Å². The van der Waals surface area contributed by atoms with Gasteiger partial charge in [0.2, 0.25) is 5.91 Å². The van der Waals surface area contributed by atoms with Gasteiger partial charge in [0.05, 0.1) is 0 Å². The van der Waals surface area contributed by atoms with Gasteiger partial charge < -0.3 is 10.0 Å². The van der Waals surface area contributed by atoms with Crippen molar-refractivity contribution in [2.45, 2.75) is 34.1 Å². The van der Waals surface area contributed by atoms with Crippen molar-refractivity contribution in [3.8, 4) is 0 Å². The highest BCUT2D eigenvalue weighted by Crippen LogP contribution is 2.26. The first kappa shape index (κ1) is 15.2. The van der Waals surface area contributed by atoms with Crippen molar-refractivity contribution in [3.05, 3.63) is 28.8 Å². The summed E-state index contributed by atoms with van der Waals surface area (Å²) in [5.41, 5.74) is 4.07. The van der Waals surface area contributed by atoms with Crippen molar-refractivity contribution in [2.24, 2.45) is 5.92 Å². The molecule has 4 nitrogen and oxygen atoms in total. The van der Waals surface area contributed by atoms with E-state index < -0.39 is 11.9 Å². The van der Waals surface area contributed by atoms with Gasteiger partial charge in [-0.05, 0) is 49.9 Å². The summed E-state index contributed by atoms with van der Waals surface area (Å²) < 4.78 is 0. The van der Waals surface area contributed by atoms with Crippen molar-refractivity contribution in [2.75, 3.05) is 11.9 Å². The highest BCUT2D eigenvalue weighted by Gasteiger charge is 2.28. The predicted molar refractivity (Wildman–Crippen MR) is 75.5 cm³/mol. The van der Waals surface area contributed by atoms with Crippen LogP contribution in [0.15, 0.2) is 12.1 Å². The van der Waals surface area contributed by atoms with Gasteiger partial charge in [-0.15, -0.1) is 0 Å². The van der Waals surface area contributed by atoms with Crippen LogP contribution in [0.2, 0.25) is 0 Å². The van der Waals surface area contributed by atoms with Crippen LogP contribution < -0.4 is 4.90 Å². The molecule has 1 atom stereocenters. The summed E-state index contributed by atoms with van der Waals surface area (Å²) in [6.45, 7) is 7.67. The zero-order valence-electron chi connectivity index (χ0n) is 12.2. The monoisotopic (exact) mass is 263 g/mol. The zero-order valence-corrected chi connectivity index (χ0v) is 12.2. The molecule has 19 heavy (non-hydrogen) atoms. The Kier molecular flexibility index (Phi) is 4.70. The molecule has 1 N–H and O–H groups in total. The van der Waals surface area contributed by atoms with Crippen LogP contribution in [-0.2, 0) is 9.59 Å². The minimum Gasteiger partial charge on any atom is -0.481 e. The quantitative estimate of drug-likeness (QED) is 0.850. The van der Waals surface area contributed by atoms with Crippen molar-refractivity contribution in [3.63, 3.8) is 0 Å². The van der Waals surface area contributed by atoms with E-state index in [0.717, 1.165) is 22.4 Å². The van der Waals surface area contributed by atoms with E-state index in [1.807, 2.05) is 32.9 Å². The molecule has 4 heteroatoms. The molecule has 0 radical (unpaired) electrons. The van der Waals surface area contributed by atoms with Crippen LogP contribution >= 0.6 is 0 Å². The lowest BCUT2D eigenvalue weighted by atomic mass is 10.0. The minimum absolute atomic E-state index is 0.294. The number of carbonyl (C=O) groups excluding carboxylic acids is 1. The Morgan fingerprint density at radius 1 is 1.21 bits per heavy atom. The fraction of sp³-hybridized carbons (Fsp3) is 0.467. The summed E-state index contributed by atoms with van der Waals surface area (Å²) in [4.78, 5) is 24.7. The number of benzene rings is 1. The van der Waals surface area contributed by atoms with E-state index in [-0.39, 0.29) is 5.91 Å². The van der Waals surface area contributed by atoms with Crippen LogP contribution in [0.5, 0.6) is 0 Å². The fourth-order valence-corrected chi connectivity index (χ4v) is 2.11. The van der Waals surface area contributed by atoms with Crippen LogP contribution in [-0.4, -0.2) is 24.0 Å². The van der Waals surface area contributed by atoms with E-state index in [1.54, 1.807) is 14.0 Å². The third-order valence-electron chi connectivity index (χ3n) is 3.73. The smallest absolute Gasteiger partial charge is 0.316 e. The number of hydrogen-bond donors (Lipinski definition) is 1. The maximum Gasteiger partial charge on any atom is 0.316 e. The summed E-state index contributed by atoms with van der Waals surface area (Å²) in [6.07, 6.45) is 0.294. The molecular formula is C15H21NO3. The Morgan fingerprint density at radius 2 is 1.79 bits per heavy atom. The maximum absolute atomic E-state index is 12.2. The van der Waals surface area contributed by atoms with Gasteiger partial charge in [-0.25, -0.2) is 0 Å². The van der Waals surface area contributed by atoms with Crippen LogP contribution in [0.4, 0.5) is 5.69 Å². The first-order chi connectivity index (χ1) is 8.81. The number of carboxylic acid groups (broad SMARTS) is 1. The lowest BCUT2D eigenvalue weighted by Gasteiger charge is -2.24. The van der Waals surface area contributed by atoms with E-state index in [2.05, 4.69) is 0 Å². The average Bonchev–Trinajstić information content (AvgIpc) is 2.35. The third kappa shape index (κ3) is 2.95. The largest absolute Gasteiger partial charge is 0.481 e. The molecule has 0 aromatic heterocycles. The lowest BCUT2D eigenvalue weighted by Crippen LogP contribution is -2.37. The molecule has 0 fully saturated rings. The fourth-order valence-electron chi connectivity index (χ4n) is 2.11. The topological polar surface area (TPSA) is 57.6 Å². The predicted octanol–water partition coefficient (Wildman–Crippen LogP) is 2.69. The Bertz CT molecular complexity index is 508. The van der Waals surface area contributed by atoms with Crippen molar-refractivity contribution in [1.82, 2.24) is 0 Å². The Labute approximate surface area is 114 Å². The van der Waals surface area contributed by atoms with Crippen molar-refractivity contribution in [1.29, 1.82) is 0 Å². The molecule has 1 aromatic rings. The van der Waals surface area contributed by atoms with Gasteiger partial charge in [0.1, 0.15) is 5.92 Å². The molecule has 1 unspecified atom stereocenters. The van der Waals surface area contributed by atoms with Crippen LogP contribution in [0, 0.1) is 26.7 Å². The van der Waals surface area contributed by atoms with Gasteiger partial charge in [0, 0.05) is 12.7 Å². The minimum atomic E-state index is -1.07. The highest BCUT2D eigenvalue weighted by molar-refractivity contribution is 6.05. The summed E-state index contributed by atoms with van der Waals surface area (Å²) in [5.74, 6) is -2.42. The van der Waals surface area contributed by atoms with E-state index in [9.17, 15) is 9.59 Å². The number of amides is 1. The van der Waals surface area contributed by atoms with Gasteiger partial charge in [0.15, 0.2) is 0 Å². The molecule has 0 aliphatic carbocycles. The molecule has 0 heterocycles. The molecule has 1 rings (SSSR count). The standard InChI is InChI=1S/C15H21NO3/c1-6-12(15(18)19)14(17)16(5)13-8-7-9(2)10(3)11(13)4/h7-8,12H,6H2,1-5H3,(H,18,19). The van der Waals surface area contributed by atoms with Crippen LogP contribution in [0.25, 0.3) is 0 Å². The molecule has 0 bridgehead atoms. The summed E-state index contributed by atoms with van der Waals surface area (Å²) in [7, 11) is 1.63. The number of aliphatic carboxylic acids is 1. The number of aryl methyl sites for hydroxylation is 1. The number of carbonyl (C=O) groups is 2. The normalized spacial score (nSPS) is 12.1. The number of nitrogens with zero attached hydrogens (tertiary/aromatic N) is 1. The molecule has 1 aromatic carbocycles. The van der Waals surface area contributed by atoms with Gasteiger partial charge in [-0.3, -0.25) is 9.59 Å². The second-order valence-electron chi connectivity index (χ2n) is 4.85. The molecule has 0 saturated heterocycles. The first-order valence-corrected chi connectivity index (χ1v) is 6.38. The second kappa shape index (κ2) is 5.87. The van der Waals surface area contributed by atoms with E-state index in [4.69, 9.17) is 5.11 Å². The Morgan fingerprint density at radius 3 is 2.26 bits per heavy atom. The van der Waals surface area contributed by atoms with Gasteiger partial charge in [-0.1, -0.05) is 13.0 Å². The van der Waals surface area contributed by atoms with Crippen molar-refractivity contribution >= 4 is 17.6 Å². The number of carboxylic acids is 1. The third-order valence-corrected chi connectivity index (χ3v) is 3.73. The van der Waals surface area contributed by atoms with E-state index >= 15 is 0 Å². The molecular weight excluding hydrogens is 242 g/mol. The first-order valence-electron chi connectivity index (χ1n) is 6.38. The summed E-state index contributed by atoms with van der Waals surface area (Å²) in [5, 5.41) is 9.06. The number of hydrogen-bond acceptors (Lipinski definition) is 2. The van der Waals surface area contributed by atoms with Crippen LogP contribution in [0.3, 0.4) is 0 Å². The number of rotatable bonds is 4. The zero-order chi connectivity index (χ0) is 14.7. The molecule has 104 valence electrons. The van der Waals surface area contributed by atoms with E-state index in [0.29, 0.717) is 6.42 Å². The maximum atomic E-state index is 12.2.